The number of ether oxygens (including phenoxy) is 1. The van der Waals surface area contributed by atoms with Crippen LogP contribution in [0.4, 0.5) is 0 Å². The summed E-state index contributed by atoms with van der Waals surface area (Å²) in [4.78, 5) is 13.7. The summed E-state index contributed by atoms with van der Waals surface area (Å²) >= 11 is 0. The van der Waals surface area contributed by atoms with Crippen LogP contribution < -0.4 is 5.73 Å². The molecule has 6 nitrogen and oxygen atoms in total. The molecule has 0 aromatic carbocycles. The predicted octanol–water partition coefficient (Wildman–Crippen LogP) is 0.496. The Morgan fingerprint density at radius 1 is 1.60 bits per heavy atom. The molecule has 2 rings (SSSR count). The zero-order valence-electron chi connectivity index (χ0n) is 12.2. The van der Waals surface area contributed by atoms with Crippen molar-refractivity contribution in [1.82, 2.24) is 14.7 Å². The molecule has 1 amide bonds. The molecule has 0 spiro atoms. The van der Waals surface area contributed by atoms with E-state index in [9.17, 15) is 4.79 Å². The lowest BCUT2D eigenvalue weighted by Gasteiger charge is -2.34. The highest BCUT2D eigenvalue weighted by molar-refractivity contribution is 5.85. The number of hydrogen-bond donors (Lipinski definition) is 1. The van der Waals surface area contributed by atoms with Crippen LogP contribution in [0.1, 0.15) is 18.3 Å². The van der Waals surface area contributed by atoms with E-state index in [1.54, 1.807) is 11.8 Å². The van der Waals surface area contributed by atoms with Crippen molar-refractivity contribution in [1.29, 1.82) is 0 Å². The van der Waals surface area contributed by atoms with Crippen molar-refractivity contribution in [2.24, 2.45) is 5.73 Å². The molecule has 0 bridgehead atoms. The van der Waals surface area contributed by atoms with Crippen molar-refractivity contribution >= 4 is 18.3 Å². The number of rotatable bonds is 3. The lowest BCUT2D eigenvalue weighted by atomic mass is 10.2. The molecule has 1 aromatic rings. The molecule has 1 aliphatic heterocycles. The van der Waals surface area contributed by atoms with Crippen molar-refractivity contribution in [3.05, 3.63) is 17.5 Å². The van der Waals surface area contributed by atoms with Crippen LogP contribution in [-0.2, 0) is 16.1 Å². The van der Waals surface area contributed by atoms with Gasteiger partial charge >= 0.3 is 0 Å². The minimum atomic E-state index is -0.451. The molecule has 0 aliphatic carbocycles. The summed E-state index contributed by atoms with van der Waals surface area (Å²) in [7, 11) is 0. The van der Waals surface area contributed by atoms with Crippen molar-refractivity contribution in [3.8, 4) is 0 Å². The van der Waals surface area contributed by atoms with Crippen molar-refractivity contribution in [2.45, 2.75) is 39.5 Å². The first-order valence-electron chi connectivity index (χ1n) is 6.64. The monoisotopic (exact) mass is 302 g/mol. The number of carbonyl (C=O) groups is 1. The lowest BCUT2D eigenvalue weighted by Crippen LogP contribution is -2.51. The van der Waals surface area contributed by atoms with Gasteiger partial charge in [-0.15, -0.1) is 12.4 Å². The van der Waals surface area contributed by atoms with Crippen LogP contribution in [0.15, 0.2) is 6.07 Å². The highest BCUT2D eigenvalue weighted by atomic mass is 35.5. The molecule has 0 saturated carbocycles. The summed E-state index contributed by atoms with van der Waals surface area (Å²) in [5, 5.41) is 4.42. The van der Waals surface area contributed by atoms with Crippen LogP contribution in [-0.4, -0.2) is 52.4 Å². The molecule has 1 saturated heterocycles. The first kappa shape index (κ1) is 16.9. The number of nitrogens with zero attached hydrogens (tertiary/aromatic N) is 3. The highest BCUT2D eigenvalue weighted by Crippen LogP contribution is 2.10. The van der Waals surface area contributed by atoms with Gasteiger partial charge in [-0.2, -0.15) is 5.10 Å². The zero-order valence-corrected chi connectivity index (χ0v) is 13.0. The van der Waals surface area contributed by atoms with Crippen molar-refractivity contribution < 1.29 is 9.53 Å². The maximum atomic E-state index is 11.9. The quantitative estimate of drug-likeness (QED) is 0.882. The van der Waals surface area contributed by atoms with Gasteiger partial charge in [-0.3, -0.25) is 9.48 Å². The van der Waals surface area contributed by atoms with Gasteiger partial charge in [0.25, 0.3) is 0 Å². The third kappa shape index (κ3) is 3.94. The Morgan fingerprint density at radius 3 is 2.85 bits per heavy atom. The summed E-state index contributed by atoms with van der Waals surface area (Å²) in [6.07, 6.45) is -0.0190. The molecule has 1 aliphatic rings. The van der Waals surface area contributed by atoms with Crippen LogP contribution >= 0.6 is 12.4 Å². The van der Waals surface area contributed by atoms with E-state index in [-0.39, 0.29) is 24.4 Å². The first-order chi connectivity index (χ1) is 8.97. The van der Waals surface area contributed by atoms with E-state index in [0.717, 1.165) is 11.4 Å². The molecule has 20 heavy (non-hydrogen) atoms. The summed E-state index contributed by atoms with van der Waals surface area (Å²) in [5.41, 5.74) is 7.75. The molecule has 2 heterocycles. The van der Waals surface area contributed by atoms with E-state index in [4.69, 9.17) is 10.5 Å². The van der Waals surface area contributed by atoms with Gasteiger partial charge in [0.15, 0.2) is 0 Å². The van der Waals surface area contributed by atoms with Gasteiger partial charge in [0.2, 0.25) is 5.91 Å². The molecular weight excluding hydrogens is 280 g/mol. The fourth-order valence-electron chi connectivity index (χ4n) is 2.37. The average molecular weight is 303 g/mol. The van der Waals surface area contributed by atoms with E-state index in [1.165, 1.54) is 0 Å². The lowest BCUT2D eigenvalue weighted by molar-refractivity contribution is -0.140. The van der Waals surface area contributed by atoms with E-state index < -0.39 is 6.04 Å². The Morgan fingerprint density at radius 2 is 2.30 bits per heavy atom. The third-order valence-electron chi connectivity index (χ3n) is 3.32. The molecular formula is C13H23ClN4O2. The van der Waals surface area contributed by atoms with Crippen LogP contribution in [0.2, 0.25) is 0 Å². The molecule has 7 heteroatoms. The molecule has 1 aromatic heterocycles. The predicted molar refractivity (Wildman–Crippen MR) is 78.9 cm³/mol. The minimum absolute atomic E-state index is 0. The van der Waals surface area contributed by atoms with E-state index in [1.807, 2.05) is 24.6 Å². The van der Waals surface area contributed by atoms with Crippen molar-refractivity contribution in [2.75, 3.05) is 19.7 Å². The fourth-order valence-corrected chi connectivity index (χ4v) is 2.37. The Hall–Kier alpha value is -1.11. The maximum Gasteiger partial charge on any atom is 0.239 e. The van der Waals surface area contributed by atoms with Crippen molar-refractivity contribution in [3.63, 3.8) is 0 Å². The topological polar surface area (TPSA) is 73.4 Å². The molecule has 2 N–H and O–H groups in total. The zero-order chi connectivity index (χ0) is 14.0. The van der Waals surface area contributed by atoms with Gasteiger partial charge in [-0.25, -0.2) is 0 Å². The number of amides is 1. The fraction of sp³-hybridized carbons (Fsp3) is 0.692. The molecule has 114 valence electrons. The Kier molecular flexibility index (Phi) is 5.98. The molecule has 0 radical (unpaired) electrons. The number of carbonyl (C=O) groups excluding carboxylic acids is 1. The average Bonchev–Trinajstić information content (AvgIpc) is 2.67. The van der Waals surface area contributed by atoms with Gasteiger partial charge in [-0.05, 0) is 26.8 Å². The number of aryl methyl sites for hydroxylation is 2. The second-order valence-electron chi connectivity index (χ2n) is 5.17. The Bertz CT molecular complexity index is 461. The summed E-state index contributed by atoms with van der Waals surface area (Å²) in [6.45, 7) is 8.14. The number of halogens is 1. The van der Waals surface area contributed by atoms with Gasteiger partial charge in [-0.1, -0.05) is 0 Å². The third-order valence-corrected chi connectivity index (χ3v) is 3.32. The van der Waals surface area contributed by atoms with E-state index in [2.05, 4.69) is 5.10 Å². The number of hydrogen-bond acceptors (Lipinski definition) is 4. The Balaban J connectivity index is 0.00000200. The SMILES string of the molecule is Cc1cc(C)n(CC2CN(C(=O)C(C)N)CCO2)n1.Cl. The number of nitrogens with two attached hydrogens (primary N) is 1. The minimum Gasteiger partial charge on any atom is -0.373 e. The first-order valence-corrected chi connectivity index (χ1v) is 6.64. The number of morpholine rings is 1. The summed E-state index contributed by atoms with van der Waals surface area (Å²) in [5.74, 6) is -0.0123. The maximum absolute atomic E-state index is 11.9. The van der Waals surface area contributed by atoms with Crippen LogP contribution in [0.5, 0.6) is 0 Å². The standard InChI is InChI=1S/C13H22N4O2.ClH/c1-9-6-10(2)17(15-9)8-12-7-16(4-5-19-12)13(18)11(3)14;/h6,11-12H,4-5,7-8,14H2,1-3H3;1H. The second-order valence-corrected chi connectivity index (χ2v) is 5.17. The van der Waals surface area contributed by atoms with Gasteiger partial charge in [0.05, 0.1) is 31.0 Å². The number of aromatic nitrogens is 2. The summed E-state index contributed by atoms with van der Waals surface area (Å²) in [6, 6.07) is 1.58. The highest BCUT2D eigenvalue weighted by Gasteiger charge is 2.26. The summed E-state index contributed by atoms with van der Waals surface area (Å²) < 4.78 is 7.64. The second kappa shape index (κ2) is 7.06. The Labute approximate surface area is 125 Å². The molecule has 2 unspecified atom stereocenters. The molecule has 2 atom stereocenters. The van der Waals surface area contributed by atoms with Crippen LogP contribution in [0.3, 0.4) is 0 Å². The van der Waals surface area contributed by atoms with E-state index >= 15 is 0 Å². The molecule has 1 fully saturated rings. The largest absolute Gasteiger partial charge is 0.373 e. The normalized spacial score (nSPS) is 20.4. The smallest absolute Gasteiger partial charge is 0.239 e. The van der Waals surface area contributed by atoms with Crippen LogP contribution in [0, 0.1) is 13.8 Å². The van der Waals surface area contributed by atoms with Gasteiger partial charge in [0, 0.05) is 18.8 Å². The van der Waals surface area contributed by atoms with Gasteiger partial charge < -0.3 is 15.4 Å². The van der Waals surface area contributed by atoms with E-state index in [0.29, 0.717) is 26.2 Å². The van der Waals surface area contributed by atoms with Crippen LogP contribution in [0.25, 0.3) is 0 Å². The van der Waals surface area contributed by atoms with Gasteiger partial charge in [0.1, 0.15) is 0 Å².